The summed E-state index contributed by atoms with van der Waals surface area (Å²) in [6.45, 7) is 1.92. The molecule has 78 valence electrons. The highest BCUT2D eigenvalue weighted by atomic mass is 19.1. The predicted octanol–water partition coefficient (Wildman–Crippen LogP) is 2.26. The van der Waals surface area contributed by atoms with Gasteiger partial charge in [0.25, 0.3) is 0 Å². The van der Waals surface area contributed by atoms with E-state index in [1.807, 2.05) is 13.0 Å². The fourth-order valence-electron chi connectivity index (χ4n) is 1.70. The van der Waals surface area contributed by atoms with Gasteiger partial charge in [-0.1, -0.05) is 12.1 Å². The minimum atomic E-state index is -0.208. The van der Waals surface area contributed by atoms with Gasteiger partial charge in [0, 0.05) is 35.1 Å². The van der Waals surface area contributed by atoms with Crippen molar-refractivity contribution >= 4 is 10.8 Å². The average Bonchev–Trinajstić information content (AvgIpc) is 2.19. The van der Waals surface area contributed by atoms with Crippen LogP contribution in [0.25, 0.3) is 10.8 Å². The van der Waals surface area contributed by atoms with Gasteiger partial charge in [-0.2, -0.15) is 0 Å². The lowest BCUT2D eigenvalue weighted by atomic mass is 10.1. The molecule has 2 N–H and O–H groups in total. The Labute approximate surface area is 87.9 Å². The molecule has 0 amide bonds. The van der Waals surface area contributed by atoms with Gasteiger partial charge in [0.15, 0.2) is 0 Å². The first-order chi connectivity index (χ1) is 7.18. The summed E-state index contributed by atoms with van der Waals surface area (Å²) in [7, 11) is 0. The zero-order valence-corrected chi connectivity index (χ0v) is 8.57. The van der Waals surface area contributed by atoms with E-state index in [9.17, 15) is 4.39 Å². The molecule has 1 atom stereocenters. The Hall–Kier alpha value is -1.48. The third-order valence-corrected chi connectivity index (χ3v) is 2.35. The second-order valence-corrected chi connectivity index (χ2v) is 3.77. The number of benzene rings is 1. The van der Waals surface area contributed by atoms with Crippen LogP contribution in [-0.2, 0) is 6.42 Å². The van der Waals surface area contributed by atoms with Crippen LogP contribution < -0.4 is 5.73 Å². The number of aromatic nitrogens is 1. The van der Waals surface area contributed by atoms with Crippen molar-refractivity contribution in [3.63, 3.8) is 0 Å². The maximum Gasteiger partial charge on any atom is 0.131 e. The fraction of sp³-hybridized carbons (Fsp3) is 0.250. The Morgan fingerprint density at radius 3 is 2.87 bits per heavy atom. The van der Waals surface area contributed by atoms with Crippen molar-refractivity contribution in [1.82, 2.24) is 4.98 Å². The molecule has 15 heavy (non-hydrogen) atoms. The van der Waals surface area contributed by atoms with Crippen molar-refractivity contribution in [2.45, 2.75) is 19.4 Å². The van der Waals surface area contributed by atoms with E-state index < -0.39 is 0 Å². The molecule has 1 aromatic carbocycles. The van der Waals surface area contributed by atoms with Crippen LogP contribution in [0.3, 0.4) is 0 Å². The van der Waals surface area contributed by atoms with Crippen molar-refractivity contribution in [3.8, 4) is 0 Å². The van der Waals surface area contributed by atoms with Crippen LogP contribution in [0.1, 0.15) is 12.6 Å². The normalized spacial score (nSPS) is 13.0. The van der Waals surface area contributed by atoms with Gasteiger partial charge in [0.2, 0.25) is 0 Å². The molecular weight excluding hydrogens is 191 g/mol. The molecule has 0 aliphatic heterocycles. The van der Waals surface area contributed by atoms with Crippen LogP contribution in [-0.4, -0.2) is 11.0 Å². The summed E-state index contributed by atoms with van der Waals surface area (Å²) < 4.78 is 13.4. The quantitative estimate of drug-likeness (QED) is 0.815. The molecule has 0 aliphatic carbocycles. The number of fused-ring (bicyclic) bond motifs is 1. The topological polar surface area (TPSA) is 38.9 Å². The summed E-state index contributed by atoms with van der Waals surface area (Å²) in [6.07, 6.45) is 2.30. The Morgan fingerprint density at radius 1 is 1.33 bits per heavy atom. The molecule has 0 saturated heterocycles. The van der Waals surface area contributed by atoms with Crippen LogP contribution >= 0.6 is 0 Å². The Balaban J connectivity index is 2.61. The number of rotatable bonds is 2. The summed E-state index contributed by atoms with van der Waals surface area (Å²) in [5.41, 5.74) is 6.58. The van der Waals surface area contributed by atoms with Crippen molar-refractivity contribution in [2.24, 2.45) is 5.73 Å². The lowest BCUT2D eigenvalue weighted by Crippen LogP contribution is -2.18. The molecule has 0 bridgehead atoms. The minimum Gasteiger partial charge on any atom is -0.328 e. The summed E-state index contributed by atoms with van der Waals surface area (Å²) in [5, 5.41) is 1.47. The van der Waals surface area contributed by atoms with Gasteiger partial charge >= 0.3 is 0 Å². The highest BCUT2D eigenvalue weighted by Gasteiger charge is 2.07. The van der Waals surface area contributed by atoms with Crippen molar-refractivity contribution in [2.75, 3.05) is 0 Å². The second kappa shape index (κ2) is 3.95. The van der Waals surface area contributed by atoms with Crippen LogP contribution in [0.2, 0.25) is 0 Å². The smallest absolute Gasteiger partial charge is 0.131 e. The van der Waals surface area contributed by atoms with Gasteiger partial charge < -0.3 is 5.73 Å². The summed E-state index contributed by atoms with van der Waals surface area (Å²) >= 11 is 0. The van der Waals surface area contributed by atoms with Crippen LogP contribution in [0, 0.1) is 5.82 Å². The van der Waals surface area contributed by atoms with E-state index >= 15 is 0 Å². The van der Waals surface area contributed by atoms with E-state index in [2.05, 4.69) is 4.98 Å². The molecule has 0 aliphatic rings. The van der Waals surface area contributed by atoms with Crippen LogP contribution in [0.15, 0.2) is 30.5 Å². The van der Waals surface area contributed by atoms with Crippen LogP contribution in [0.5, 0.6) is 0 Å². The SMILES string of the molecule is CC(N)Cc1nccc2c(F)cccc12. The van der Waals surface area contributed by atoms with Crippen LogP contribution in [0.4, 0.5) is 4.39 Å². The molecular formula is C12H13FN2. The number of halogens is 1. The molecule has 0 saturated carbocycles. The highest BCUT2D eigenvalue weighted by molar-refractivity contribution is 5.84. The predicted molar refractivity (Wildman–Crippen MR) is 59.1 cm³/mol. The molecule has 2 rings (SSSR count). The lowest BCUT2D eigenvalue weighted by Gasteiger charge is -2.08. The maximum atomic E-state index is 13.4. The number of nitrogens with two attached hydrogens (primary N) is 1. The minimum absolute atomic E-state index is 0.0337. The second-order valence-electron chi connectivity index (χ2n) is 3.77. The van der Waals surface area contributed by atoms with Gasteiger partial charge in [0.1, 0.15) is 5.82 Å². The van der Waals surface area contributed by atoms with E-state index in [0.29, 0.717) is 11.8 Å². The van der Waals surface area contributed by atoms with E-state index in [-0.39, 0.29) is 11.9 Å². The average molecular weight is 204 g/mol. The van der Waals surface area contributed by atoms with E-state index in [0.717, 1.165) is 11.1 Å². The third kappa shape index (κ3) is 1.97. The maximum absolute atomic E-state index is 13.4. The van der Waals surface area contributed by atoms with E-state index in [1.54, 1.807) is 18.3 Å². The highest BCUT2D eigenvalue weighted by Crippen LogP contribution is 2.20. The summed E-state index contributed by atoms with van der Waals surface area (Å²) in [4.78, 5) is 4.24. The first kappa shape index (κ1) is 10.1. The number of pyridine rings is 1. The summed E-state index contributed by atoms with van der Waals surface area (Å²) in [5.74, 6) is -0.208. The van der Waals surface area contributed by atoms with Gasteiger partial charge in [-0.3, -0.25) is 4.98 Å². The molecule has 1 unspecified atom stereocenters. The molecule has 2 aromatic rings. The van der Waals surface area contributed by atoms with Gasteiger partial charge in [-0.05, 0) is 19.1 Å². The first-order valence-electron chi connectivity index (χ1n) is 4.96. The molecule has 1 heterocycles. The summed E-state index contributed by atoms with van der Waals surface area (Å²) in [6, 6.07) is 6.76. The fourth-order valence-corrected chi connectivity index (χ4v) is 1.70. The lowest BCUT2D eigenvalue weighted by molar-refractivity contribution is 0.639. The molecule has 0 fully saturated rings. The Bertz CT molecular complexity index is 480. The Kier molecular flexibility index (Phi) is 2.64. The molecule has 1 aromatic heterocycles. The monoisotopic (exact) mass is 204 g/mol. The number of hydrogen-bond acceptors (Lipinski definition) is 2. The number of hydrogen-bond donors (Lipinski definition) is 1. The zero-order valence-electron chi connectivity index (χ0n) is 8.57. The largest absolute Gasteiger partial charge is 0.328 e. The first-order valence-corrected chi connectivity index (χ1v) is 4.96. The van der Waals surface area contributed by atoms with E-state index in [1.165, 1.54) is 6.07 Å². The molecule has 3 heteroatoms. The zero-order chi connectivity index (χ0) is 10.8. The number of nitrogens with zero attached hydrogens (tertiary/aromatic N) is 1. The molecule has 0 radical (unpaired) electrons. The van der Waals surface area contributed by atoms with Crippen molar-refractivity contribution < 1.29 is 4.39 Å². The van der Waals surface area contributed by atoms with Crippen molar-refractivity contribution in [1.29, 1.82) is 0 Å². The van der Waals surface area contributed by atoms with E-state index in [4.69, 9.17) is 5.73 Å². The standard InChI is InChI=1S/C12H13FN2/c1-8(14)7-12-10-3-2-4-11(13)9(10)5-6-15-12/h2-6,8H,7,14H2,1H3. The van der Waals surface area contributed by atoms with Crippen molar-refractivity contribution in [3.05, 3.63) is 42.0 Å². The third-order valence-electron chi connectivity index (χ3n) is 2.35. The van der Waals surface area contributed by atoms with Gasteiger partial charge in [0.05, 0.1) is 0 Å². The Morgan fingerprint density at radius 2 is 2.13 bits per heavy atom. The molecule has 2 nitrogen and oxygen atoms in total. The molecule has 0 spiro atoms. The van der Waals surface area contributed by atoms with Gasteiger partial charge in [-0.15, -0.1) is 0 Å². The van der Waals surface area contributed by atoms with Gasteiger partial charge in [-0.25, -0.2) is 4.39 Å².